The molecule has 0 unspecified atom stereocenters. The summed E-state index contributed by atoms with van der Waals surface area (Å²) >= 11 is 0. The van der Waals surface area contributed by atoms with Crippen molar-refractivity contribution in [2.45, 2.75) is 182 Å². The molecule has 0 amide bonds. The first-order chi connectivity index (χ1) is 35.4. The Labute approximate surface area is 432 Å². The normalized spacial score (nSPS) is 30.4. The number of esters is 9. The Bertz CT molecular complexity index is 2520. The maximum absolute atomic E-state index is 14.8. The van der Waals surface area contributed by atoms with Crippen molar-refractivity contribution in [3.05, 3.63) is 46.7 Å². The number of methoxy groups -OCH3 is 2. The molecule has 2 aromatic heterocycles. The molecule has 0 bridgehead atoms. The number of allylic oxidation sites excluding steroid dienone is 2. The molecule has 1 saturated carbocycles. The molecule has 25 nitrogen and oxygen atoms in total. The van der Waals surface area contributed by atoms with E-state index in [1.807, 2.05) is 13.0 Å². The quantitative estimate of drug-likeness (QED) is 0.127. The molecule has 2 aromatic rings. The van der Waals surface area contributed by atoms with Crippen LogP contribution in [0.3, 0.4) is 0 Å². The molecule has 75 heavy (non-hydrogen) atoms. The average molecular weight is 1060 g/mol. The van der Waals surface area contributed by atoms with Crippen LogP contribution in [0.5, 0.6) is 0 Å². The molecule has 3 fully saturated rings. The number of hydrogen-bond donors (Lipinski definition) is 1. The largest absolute Gasteiger partial charge is 0.468 e. The highest BCUT2D eigenvalue weighted by Crippen LogP contribution is 2.61. The Kier molecular flexibility index (Phi) is 18.6. The first kappa shape index (κ1) is 57.5. The number of furan rings is 1. The van der Waals surface area contributed by atoms with Crippen molar-refractivity contribution in [3.8, 4) is 0 Å². The van der Waals surface area contributed by atoms with Gasteiger partial charge in [-0.15, -0.1) is 5.10 Å². The fourth-order valence-corrected chi connectivity index (χ4v) is 11.2. The average Bonchev–Trinajstić information content (AvgIpc) is 3.99. The lowest BCUT2D eigenvalue weighted by Gasteiger charge is -2.55. The van der Waals surface area contributed by atoms with Crippen LogP contribution in [0.15, 0.2) is 34.1 Å². The Balaban J connectivity index is 1.18. The molecular weight excluding hydrogens is 993 g/mol. The van der Waals surface area contributed by atoms with Gasteiger partial charge >= 0.3 is 53.7 Å². The second-order valence-electron chi connectivity index (χ2n) is 19.4. The van der Waals surface area contributed by atoms with Gasteiger partial charge in [0.05, 0.1) is 44.3 Å². The van der Waals surface area contributed by atoms with Crippen LogP contribution in [0.1, 0.15) is 124 Å². The van der Waals surface area contributed by atoms with Crippen molar-refractivity contribution in [1.29, 1.82) is 0 Å². The predicted octanol–water partition coefficient (Wildman–Crippen LogP) is 3.12. The molecule has 2 aliphatic heterocycles. The summed E-state index contributed by atoms with van der Waals surface area (Å²) in [5.74, 6) is -7.36. The van der Waals surface area contributed by atoms with Crippen LogP contribution >= 0.6 is 0 Å². The van der Waals surface area contributed by atoms with Crippen molar-refractivity contribution in [1.82, 2.24) is 20.3 Å². The molecule has 412 valence electrons. The zero-order chi connectivity index (χ0) is 55.1. The van der Waals surface area contributed by atoms with E-state index >= 15 is 0 Å². The number of ether oxygens (including phenoxy) is 11. The lowest BCUT2D eigenvalue weighted by atomic mass is 9.49. The summed E-state index contributed by atoms with van der Waals surface area (Å²) in [6.45, 7) is 12.9. The van der Waals surface area contributed by atoms with E-state index in [4.69, 9.17) is 56.5 Å². The molecule has 4 heterocycles. The third-order valence-corrected chi connectivity index (χ3v) is 14.3. The molecule has 13 atom stereocenters. The number of nitrogens with one attached hydrogen (secondary N) is 1. The summed E-state index contributed by atoms with van der Waals surface area (Å²) in [7, 11) is 2.16. The second kappa shape index (κ2) is 24.3. The van der Waals surface area contributed by atoms with Gasteiger partial charge in [0.2, 0.25) is 12.4 Å². The minimum absolute atomic E-state index is 0.0844. The Hall–Kier alpha value is -6.73. The lowest BCUT2D eigenvalue weighted by Crippen LogP contribution is -2.64. The van der Waals surface area contributed by atoms with Crippen LogP contribution < -0.4 is 5.32 Å². The van der Waals surface area contributed by atoms with E-state index in [2.05, 4.69) is 29.5 Å². The minimum Gasteiger partial charge on any atom is -0.468 e. The molecular formula is C50H66N4O21. The minimum atomic E-state index is -1.78. The first-order valence-electron chi connectivity index (χ1n) is 24.5. The molecule has 0 aromatic carbocycles. The number of fused-ring (bicyclic) bond motifs is 1. The number of nitrogens with zero attached hydrogens (tertiary/aromatic N) is 3. The van der Waals surface area contributed by atoms with Crippen LogP contribution in [-0.4, -0.2) is 138 Å². The van der Waals surface area contributed by atoms with Gasteiger partial charge in [-0.2, -0.15) is 0 Å². The van der Waals surface area contributed by atoms with Gasteiger partial charge in [0.25, 0.3) is 0 Å². The van der Waals surface area contributed by atoms with Gasteiger partial charge in [-0.3, -0.25) is 33.6 Å². The van der Waals surface area contributed by atoms with E-state index in [0.717, 1.165) is 67.7 Å². The standard InChI is InChI=1S/C50H66N4O21/c1-24-13-16-35-49(8,18-12-19-50(35,9)48(63)75-47-43(72-30(7)60)39(70-28(5)58)38(69-27(4)57)42(74-47)46(62)65-11)33(24)15-14-31-17-20-66-34(31)23-51-21-32-22-52-53-54(32)44-40(71-29(6)59)36(67-25(2)55)37(68-26(3)56)41(73-44)45(61)64-10/h17,20,22,35-44,47,51H,12-16,18-19,21,23H2,1-11H3/t35-,36-,37-,38+,39+,40+,41-,42+,43-,44-,47+,49+,50+/m1/s1. The zero-order valence-electron chi connectivity index (χ0n) is 43.9. The first-order valence-corrected chi connectivity index (χ1v) is 24.5. The summed E-state index contributed by atoms with van der Waals surface area (Å²) in [5.41, 5.74) is 2.08. The van der Waals surface area contributed by atoms with Crippen molar-refractivity contribution in [3.63, 3.8) is 0 Å². The van der Waals surface area contributed by atoms with Crippen molar-refractivity contribution in [2.75, 3.05) is 14.2 Å². The van der Waals surface area contributed by atoms with Crippen LogP contribution in [0.2, 0.25) is 0 Å². The van der Waals surface area contributed by atoms with Crippen LogP contribution in [0, 0.1) is 16.7 Å². The van der Waals surface area contributed by atoms with E-state index in [1.54, 1.807) is 6.26 Å². The highest BCUT2D eigenvalue weighted by Gasteiger charge is 2.60. The summed E-state index contributed by atoms with van der Waals surface area (Å²) in [5, 5.41) is 11.5. The number of carbonyl (C=O) groups is 9. The van der Waals surface area contributed by atoms with E-state index in [1.165, 1.54) is 22.0 Å². The molecule has 0 spiro atoms. The molecule has 0 radical (unpaired) electrons. The maximum atomic E-state index is 14.8. The van der Waals surface area contributed by atoms with Crippen LogP contribution in [-0.2, 0) is 115 Å². The van der Waals surface area contributed by atoms with E-state index in [0.29, 0.717) is 50.0 Å². The fraction of sp³-hybridized carbons (Fsp3) is 0.660. The zero-order valence-corrected chi connectivity index (χ0v) is 43.9. The Morgan fingerprint density at radius 3 is 1.79 bits per heavy atom. The summed E-state index contributed by atoms with van der Waals surface area (Å²) in [6, 6.07) is 1.88. The van der Waals surface area contributed by atoms with E-state index in [-0.39, 0.29) is 19.0 Å². The summed E-state index contributed by atoms with van der Waals surface area (Å²) in [4.78, 5) is 115. The van der Waals surface area contributed by atoms with Crippen molar-refractivity contribution in [2.24, 2.45) is 16.7 Å². The molecule has 6 rings (SSSR count). The summed E-state index contributed by atoms with van der Waals surface area (Å²) in [6.07, 6.45) is -8.69. The fourth-order valence-electron chi connectivity index (χ4n) is 11.2. The number of hydrogen-bond acceptors (Lipinski definition) is 24. The molecule has 1 N–H and O–H groups in total. The van der Waals surface area contributed by atoms with Gasteiger partial charge < -0.3 is 61.8 Å². The van der Waals surface area contributed by atoms with Crippen LogP contribution in [0.4, 0.5) is 0 Å². The van der Waals surface area contributed by atoms with Gasteiger partial charge in [-0.1, -0.05) is 29.7 Å². The lowest BCUT2D eigenvalue weighted by molar-refractivity contribution is -0.298. The van der Waals surface area contributed by atoms with Gasteiger partial charge in [-0.25, -0.2) is 14.3 Å². The summed E-state index contributed by atoms with van der Waals surface area (Å²) < 4.78 is 68.1. The molecule has 2 saturated heterocycles. The monoisotopic (exact) mass is 1060 g/mol. The molecule has 4 aliphatic rings. The van der Waals surface area contributed by atoms with Gasteiger partial charge in [0, 0.05) is 48.1 Å². The molecule has 2 aliphatic carbocycles. The number of aryl methyl sites for hydroxylation is 1. The van der Waals surface area contributed by atoms with E-state index < -0.39 is 126 Å². The predicted molar refractivity (Wildman–Crippen MR) is 249 cm³/mol. The number of carbonyl (C=O) groups excluding carboxylic acids is 9. The van der Waals surface area contributed by atoms with Crippen molar-refractivity contribution >= 4 is 53.7 Å². The topological polar surface area (TPSA) is 311 Å². The van der Waals surface area contributed by atoms with Gasteiger partial charge in [0.1, 0.15) is 5.76 Å². The molecule has 25 heteroatoms. The SMILES string of the molecule is COC(=O)[C@H]1O[C@@H](OC(=O)[C@@]2(C)CCC[C@@]3(C)C(CCc4ccoc4CNCc4cnnn4[C@@H]4O[C@@H](C(=O)OC)[C@H](OC(C)=O)[C@@H](OC(C)=O)[C@@H]4OC(C)=O)=C(C)CC[C@H]32)[C@H](OC(C)=O)[C@@H](OC(C)=O)[C@@H]1OC(C)=O. The number of rotatable bonds is 18. The van der Waals surface area contributed by atoms with E-state index in [9.17, 15) is 43.2 Å². The Morgan fingerprint density at radius 1 is 0.680 bits per heavy atom. The smallest absolute Gasteiger partial charge is 0.339 e. The highest BCUT2D eigenvalue weighted by atomic mass is 16.8. The van der Waals surface area contributed by atoms with Crippen molar-refractivity contribution < 1.29 is 99.7 Å². The second-order valence-corrected chi connectivity index (χ2v) is 19.4. The van der Waals surface area contributed by atoms with Gasteiger partial charge in [-0.05, 0) is 75.3 Å². The maximum Gasteiger partial charge on any atom is 0.339 e. The highest BCUT2D eigenvalue weighted by molar-refractivity contribution is 5.79. The van der Waals surface area contributed by atoms with Gasteiger partial charge in [0.15, 0.2) is 49.0 Å². The van der Waals surface area contributed by atoms with Crippen LogP contribution in [0.25, 0.3) is 0 Å². The Morgan fingerprint density at radius 2 is 1.21 bits per heavy atom. The number of aromatic nitrogens is 3. The third-order valence-electron chi connectivity index (χ3n) is 14.3. The third kappa shape index (κ3) is 12.9.